The van der Waals surface area contributed by atoms with Crippen LogP contribution in [-0.2, 0) is 19.1 Å². The molecular formula is C18H30N2O4. The van der Waals surface area contributed by atoms with E-state index in [9.17, 15) is 14.4 Å². The van der Waals surface area contributed by atoms with E-state index in [-0.39, 0.29) is 17.7 Å². The molecule has 3 atom stereocenters. The largest absolute Gasteiger partial charge is 0.456 e. The second kappa shape index (κ2) is 6.95. The van der Waals surface area contributed by atoms with Gasteiger partial charge in [-0.1, -0.05) is 6.08 Å². The Hall–Kier alpha value is -1.85. The molecule has 1 fully saturated rings. The topological polar surface area (TPSA) is 84.5 Å². The van der Waals surface area contributed by atoms with Crippen molar-refractivity contribution in [2.45, 2.75) is 77.5 Å². The van der Waals surface area contributed by atoms with Crippen LogP contribution < -0.4 is 10.6 Å². The van der Waals surface area contributed by atoms with Gasteiger partial charge >= 0.3 is 5.97 Å². The molecule has 3 unspecified atom stereocenters. The second-order valence-electron chi connectivity index (χ2n) is 7.85. The van der Waals surface area contributed by atoms with Gasteiger partial charge in [0.25, 0.3) is 0 Å². The summed E-state index contributed by atoms with van der Waals surface area (Å²) in [7, 11) is 0. The number of rotatable bonds is 4. The molecule has 0 aromatic heterocycles. The Morgan fingerprint density at radius 2 is 1.83 bits per heavy atom. The van der Waals surface area contributed by atoms with E-state index in [0.29, 0.717) is 12.8 Å². The van der Waals surface area contributed by atoms with Gasteiger partial charge in [-0.3, -0.25) is 14.4 Å². The highest BCUT2D eigenvalue weighted by atomic mass is 16.6. The molecule has 1 rings (SSSR count). The van der Waals surface area contributed by atoms with E-state index in [1.54, 1.807) is 13.0 Å². The average molecular weight is 338 g/mol. The Labute approximate surface area is 144 Å². The predicted octanol–water partition coefficient (Wildman–Crippen LogP) is 2.08. The molecule has 1 aliphatic rings. The van der Waals surface area contributed by atoms with E-state index >= 15 is 0 Å². The van der Waals surface area contributed by atoms with Crippen molar-refractivity contribution in [3.63, 3.8) is 0 Å². The van der Waals surface area contributed by atoms with E-state index in [1.165, 1.54) is 13.8 Å². The third-order valence-corrected chi connectivity index (χ3v) is 4.43. The number of hydrogen-bond acceptors (Lipinski definition) is 4. The van der Waals surface area contributed by atoms with Crippen LogP contribution in [0.4, 0.5) is 0 Å². The monoisotopic (exact) mass is 338 g/mol. The molecule has 0 bridgehead atoms. The van der Waals surface area contributed by atoms with Gasteiger partial charge in [-0.05, 0) is 52.9 Å². The molecule has 0 aliphatic heterocycles. The second-order valence-corrected chi connectivity index (χ2v) is 7.85. The summed E-state index contributed by atoms with van der Waals surface area (Å²) >= 11 is 0. The van der Waals surface area contributed by atoms with Crippen molar-refractivity contribution in [1.29, 1.82) is 0 Å². The number of esters is 1. The van der Waals surface area contributed by atoms with Crippen LogP contribution in [0.2, 0.25) is 0 Å². The summed E-state index contributed by atoms with van der Waals surface area (Å²) in [6, 6.07) is 0. The number of allylic oxidation sites excluding steroid dienone is 1. The van der Waals surface area contributed by atoms with Gasteiger partial charge in [-0.15, -0.1) is 6.58 Å². The lowest BCUT2D eigenvalue weighted by Gasteiger charge is -2.51. The van der Waals surface area contributed by atoms with Crippen molar-refractivity contribution in [3.8, 4) is 0 Å². The van der Waals surface area contributed by atoms with Crippen LogP contribution in [0.25, 0.3) is 0 Å². The SMILES string of the molecule is C=CC1CCC(C)(OC(C)=O)C(NC(C)=O)(C(=O)NC(C)(C)C)C1. The fraction of sp³-hybridized carbons (Fsp3) is 0.722. The van der Waals surface area contributed by atoms with Crippen LogP contribution >= 0.6 is 0 Å². The van der Waals surface area contributed by atoms with E-state index in [0.717, 1.165) is 6.42 Å². The molecule has 1 aliphatic carbocycles. The standard InChI is InChI=1S/C18H30N2O4/c1-8-14-9-10-17(7,24-13(3)22)18(11-14,19-12(2)21)15(23)20-16(4,5)6/h8,14H,1,9-11H2,2-7H3,(H,19,21)(H,20,23). The van der Waals surface area contributed by atoms with Crippen molar-refractivity contribution in [2.75, 3.05) is 0 Å². The van der Waals surface area contributed by atoms with Gasteiger partial charge in [0.2, 0.25) is 11.8 Å². The molecule has 2 N–H and O–H groups in total. The molecule has 0 heterocycles. The molecule has 6 heteroatoms. The highest BCUT2D eigenvalue weighted by Gasteiger charge is 2.60. The van der Waals surface area contributed by atoms with Crippen molar-refractivity contribution in [3.05, 3.63) is 12.7 Å². The van der Waals surface area contributed by atoms with Crippen LogP contribution in [0.15, 0.2) is 12.7 Å². The zero-order chi connectivity index (χ0) is 18.8. The smallest absolute Gasteiger partial charge is 0.303 e. The molecule has 0 spiro atoms. The summed E-state index contributed by atoms with van der Waals surface area (Å²) in [5, 5.41) is 5.73. The normalized spacial score (nSPS) is 30.2. The van der Waals surface area contributed by atoms with E-state index in [2.05, 4.69) is 17.2 Å². The van der Waals surface area contributed by atoms with E-state index in [1.807, 2.05) is 20.8 Å². The summed E-state index contributed by atoms with van der Waals surface area (Å²) < 4.78 is 5.58. The Morgan fingerprint density at radius 1 is 1.25 bits per heavy atom. The number of nitrogens with one attached hydrogen (secondary N) is 2. The molecule has 6 nitrogen and oxygen atoms in total. The molecule has 2 amide bonds. The average Bonchev–Trinajstić information content (AvgIpc) is 2.37. The third kappa shape index (κ3) is 4.36. The molecule has 0 aromatic carbocycles. The van der Waals surface area contributed by atoms with Crippen LogP contribution in [-0.4, -0.2) is 34.5 Å². The first-order valence-electron chi connectivity index (χ1n) is 8.29. The van der Waals surface area contributed by atoms with Crippen LogP contribution in [0, 0.1) is 5.92 Å². The van der Waals surface area contributed by atoms with Crippen molar-refractivity contribution < 1.29 is 19.1 Å². The molecule has 136 valence electrons. The first kappa shape index (κ1) is 20.2. The summed E-state index contributed by atoms with van der Waals surface area (Å²) in [6.45, 7) is 13.8. The third-order valence-electron chi connectivity index (χ3n) is 4.43. The zero-order valence-electron chi connectivity index (χ0n) is 15.6. The van der Waals surface area contributed by atoms with Crippen LogP contribution in [0.3, 0.4) is 0 Å². The van der Waals surface area contributed by atoms with Gasteiger partial charge in [0.05, 0.1) is 0 Å². The van der Waals surface area contributed by atoms with Crippen molar-refractivity contribution in [2.24, 2.45) is 5.92 Å². The van der Waals surface area contributed by atoms with Gasteiger partial charge in [-0.2, -0.15) is 0 Å². The lowest BCUT2D eigenvalue weighted by Crippen LogP contribution is -2.74. The first-order chi connectivity index (χ1) is 10.8. The van der Waals surface area contributed by atoms with Gasteiger partial charge in [-0.25, -0.2) is 0 Å². The summed E-state index contributed by atoms with van der Waals surface area (Å²) in [4.78, 5) is 36.7. The Bertz CT molecular complexity index is 538. The molecule has 0 saturated heterocycles. The van der Waals surface area contributed by atoms with E-state index < -0.39 is 22.6 Å². The zero-order valence-corrected chi connectivity index (χ0v) is 15.6. The summed E-state index contributed by atoms with van der Waals surface area (Å²) in [6.07, 6.45) is 3.31. The quantitative estimate of drug-likeness (QED) is 0.607. The summed E-state index contributed by atoms with van der Waals surface area (Å²) in [5.74, 6) is -1.12. The maximum atomic E-state index is 13.2. The van der Waals surface area contributed by atoms with Gasteiger partial charge in [0.1, 0.15) is 5.60 Å². The van der Waals surface area contributed by atoms with Gasteiger partial charge in [0, 0.05) is 19.4 Å². The summed E-state index contributed by atoms with van der Waals surface area (Å²) in [5.41, 5.74) is -2.95. The van der Waals surface area contributed by atoms with Crippen molar-refractivity contribution >= 4 is 17.8 Å². The highest BCUT2D eigenvalue weighted by molar-refractivity contribution is 5.93. The molecule has 0 radical (unpaired) electrons. The lowest BCUT2D eigenvalue weighted by molar-refractivity contribution is -0.178. The fourth-order valence-electron chi connectivity index (χ4n) is 3.36. The lowest BCUT2D eigenvalue weighted by atomic mass is 9.65. The molecule has 24 heavy (non-hydrogen) atoms. The predicted molar refractivity (Wildman–Crippen MR) is 92.2 cm³/mol. The highest BCUT2D eigenvalue weighted by Crippen LogP contribution is 2.43. The minimum Gasteiger partial charge on any atom is -0.456 e. The Balaban J connectivity index is 3.43. The Kier molecular flexibility index (Phi) is 5.85. The number of ether oxygens (including phenoxy) is 1. The maximum absolute atomic E-state index is 13.2. The molecular weight excluding hydrogens is 308 g/mol. The minimum absolute atomic E-state index is 0.0474. The van der Waals surface area contributed by atoms with Gasteiger partial charge < -0.3 is 15.4 Å². The number of carbonyl (C=O) groups excluding carboxylic acids is 3. The van der Waals surface area contributed by atoms with E-state index in [4.69, 9.17) is 4.74 Å². The van der Waals surface area contributed by atoms with Crippen LogP contribution in [0.1, 0.15) is 60.8 Å². The minimum atomic E-state index is -1.34. The number of carbonyl (C=O) groups is 3. The molecule has 1 saturated carbocycles. The number of amides is 2. The van der Waals surface area contributed by atoms with Crippen molar-refractivity contribution in [1.82, 2.24) is 10.6 Å². The Morgan fingerprint density at radius 3 is 2.25 bits per heavy atom. The first-order valence-corrected chi connectivity index (χ1v) is 8.29. The maximum Gasteiger partial charge on any atom is 0.303 e. The number of hydrogen-bond donors (Lipinski definition) is 2. The van der Waals surface area contributed by atoms with Gasteiger partial charge in [0.15, 0.2) is 5.54 Å². The fourth-order valence-corrected chi connectivity index (χ4v) is 3.36. The molecule has 0 aromatic rings. The van der Waals surface area contributed by atoms with Crippen LogP contribution in [0.5, 0.6) is 0 Å².